The number of halogens is 1. The second-order valence-electron chi connectivity index (χ2n) is 4.74. The van der Waals surface area contributed by atoms with Gasteiger partial charge in [0.2, 0.25) is 0 Å². The predicted octanol–water partition coefficient (Wildman–Crippen LogP) is 1.42. The summed E-state index contributed by atoms with van der Waals surface area (Å²) in [5, 5.41) is 4.02. The van der Waals surface area contributed by atoms with Crippen LogP contribution in [0.5, 0.6) is 5.75 Å². The van der Waals surface area contributed by atoms with E-state index in [9.17, 15) is 9.18 Å². The number of carbonyl (C=O) groups excluding carboxylic acids is 1. The van der Waals surface area contributed by atoms with Gasteiger partial charge in [0.15, 0.2) is 17.3 Å². The van der Waals surface area contributed by atoms with Crippen LogP contribution in [0.15, 0.2) is 24.4 Å². The first kappa shape index (κ1) is 14.8. The molecule has 0 saturated heterocycles. The van der Waals surface area contributed by atoms with Crippen molar-refractivity contribution in [2.75, 3.05) is 19.9 Å². The summed E-state index contributed by atoms with van der Waals surface area (Å²) in [6.45, 7) is 0.246. The summed E-state index contributed by atoms with van der Waals surface area (Å²) in [5.74, 6) is -0.612. The van der Waals surface area contributed by atoms with Crippen LogP contribution in [0.2, 0.25) is 0 Å². The highest BCUT2D eigenvalue weighted by Crippen LogP contribution is 2.19. The normalized spacial score (nSPS) is 10.5. The van der Waals surface area contributed by atoms with Crippen molar-refractivity contribution in [1.29, 1.82) is 0 Å². The van der Waals surface area contributed by atoms with Crippen LogP contribution in [0.4, 0.5) is 10.1 Å². The average molecular weight is 292 g/mol. The Morgan fingerprint density at radius 2 is 2.24 bits per heavy atom. The zero-order valence-corrected chi connectivity index (χ0v) is 12.1. The Kier molecular flexibility index (Phi) is 4.11. The summed E-state index contributed by atoms with van der Waals surface area (Å²) >= 11 is 0. The maximum Gasteiger partial charge on any atom is 0.276 e. The number of ether oxygens (including phenoxy) is 1. The van der Waals surface area contributed by atoms with Crippen molar-refractivity contribution in [2.45, 2.75) is 6.54 Å². The molecular formula is C14H17FN4O2. The van der Waals surface area contributed by atoms with Crippen LogP contribution < -0.4 is 10.5 Å². The van der Waals surface area contributed by atoms with Crippen molar-refractivity contribution in [3.05, 3.63) is 41.5 Å². The number of amides is 1. The van der Waals surface area contributed by atoms with Gasteiger partial charge in [-0.1, -0.05) is 6.07 Å². The van der Waals surface area contributed by atoms with Gasteiger partial charge in [-0.15, -0.1) is 0 Å². The maximum absolute atomic E-state index is 13.6. The molecule has 0 radical (unpaired) electrons. The number of nitrogens with zero attached hydrogens (tertiary/aromatic N) is 3. The predicted molar refractivity (Wildman–Crippen MR) is 76.4 cm³/mol. The van der Waals surface area contributed by atoms with Gasteiger partial charge in [0.25, 0.3) is 5.91 Å². The molecule has 2 rings (SSSR count). The molecule has 1 aromatic carbocycles. The Bertz CT molecular complexity index is 669. The molecule has 0 aliphatic heterocycles. The molecule has 0 saturated carbocycles. The van der Waals surface area contributed by atoms with Gasteiger partial charge in [-0.05, 0) is 17.7 Å². The molecule has 2 aromatic rings. The number of rotatable bonds is 4. The highest BCUT2D eigenvalue weighted by molar-refractivity contribution is 5.96. The summed E-state index contributed by atoms with van der Waals surface area (Å²) in [6, 6.07) is 4.57. The van der Waals surface area contributed by atoms with Gasteiger partial charge in [0, 0.05) is 26.8 Å². The van der Waals surface area contributed by atoms with E-state index < -0.39 is 5.82 Å². The molecule has 0 spiro atoms. The molecule has 112 valence electrons. The van der Waals surface area contributed by atoms with E-state index in [1.165, 1.54) is 28.8 Å². The standard InChI is InChI=1S/C14H17FN4O2/c1-18(14(20)13-11(16)8-19(2)17-13)7-9-4-5-12(21-3)10(15)6-9/h4-6,8H,7,16H2,1-3H3. The first-order chi connectivity index (χ1) is 9.92. The highest BCUT2D eigenvalue weighted by Gasteiger charge is 2.18. The van der Waals surface area contributed by atoms with Crippen molar-refractivity contribution >= 4 is 11.6 Å². The van der Waals surface area contributed by atoms with Crippen LogP contribution in [-0.4, -0.2) is 34.7 Å². The minimum absolute atomic E-state index is 0.168. The van der Waals surface area contributed by atoms with Crippen LogP contribution in [0.25, 0.3) is 0 Å². The largest absolute Gasteiger partial charge is 0.494 e. The molecule has 0 atom stereocenters. The number of aryl methyl sites for hydroxylation is 1. The van der Waals surface area contributed by atoms with Gasteiger partial charge < -0.3 is 15.4 Å². The van der Waals surface area contributed by atoms with Gasteiger partial charge in [-0.3, -0.25) is 9.48 Å². The molecule has 6 nitrogen and oxygen atoms in total. The summed E-state index contributed by atoms with van der Waals surface area (Å²) in [7, 11) is 4.70. The van der Waals surface area contributed by atoms with Crippen molar-refractivity contribution in [2.24, 2.45) is 7.05 Å². The van der Waals surface area contributed by atoms with E-state index in [1.54, 1.807) is 26.4 Å². The van der Waals surface area contributed by atoms with E-state index in [0.29, 0.717) is 11.3 Å². The lowest BCUT2D eigenvalue weighted by molar-refractivity contribution is 0.0779. The first-order valence-corrected chi connectivity index (χ1v) is 6.29. The maximum atomic E-state index is 13.6. The molecule has 7 heteroatoms. The molecule has 0 aliphatic rings. The fraction of sp³-hybridized carbons (Fsp3) is 0.286. The molecule has 1 aromatic heterocycles. The van der Waals surface area contributed by atoms with Crippen LogP contribution >= 0.6 is 0 Å². The zero-order valence-electron chi connectivity index (χ0n) is 12.1. The molecule has 0 bridgehead atoms. The lowest BCUT2D eigenvalue weighted by Gasteiger charge is -2.16. The number of benzene rings is 1. The number of hydrogen-bond donors (Lipinski definition) is 1. The van der Waals surface area contributed by atoms with Crippen LogP contribution in [0.1, 0.15) is 16.1 Å². The number of methoxy groups -OCH3 is 1. The lowest BCUT2D eigenvalue weighted by Crippen LogP contribution is -2.27. The molecule has 1 heterocycles. The van der Waals surface area contributed by atoms with Crippen LogP contribution in [-0.2, 0) is 13.6 Å². The number of anilines is 1. The summed E-state index contributed by atoms with van der Waals surface area (Å²) < 4.78 is 20.0. The van der Waals surface area contributed by atoms with Crippen molar-refractivity contribution in [3.8, 4) is 5.75 Å². The fourth-order valence-electron chi connectivity index (χ4n) is 2.01. The second-order valence-corrected chi connectivity index (χ2v) is 4.74. The summed E-state index contributed by atoms with van der Waals surface area (Å²) in [6.07, 6.45) is 1.56. The zero-order chi connectivity index (χ0) is 15.6. The SMILES string of the molecule is COc1ccc(CN(C)C(=O)c2nn(C)cc2N)cc1F. The van der Waals surface area contributed by atoms with E-state index >= 15 is 0 Å². The van der Waals surface area contributed by atoms with Crippen LogP contribution in [0.3, 0.4) is 0 Å². The summed E-state index contributed by atoms with van der Waals surface area (Å²) in [5.41, 5.74) is 6.88. The first-order valence-electron chi connectivity index (χ1n) is 6.29. The number of nitrogens with two attached hydrogens (primary N) is 1. The number of aromatic nitrogens is 2. The molecule has 2 N–H and O–H groups in total. The Balaban J connectivity index is 2.14. The van der Waals surface area contributed by atoms with Crippen molar-refractivity contribution < 1.29 is 13.9 Å². The van der Waals surface area contributed by atoms with Gasteiger partial charge in [-0.25, -0.2) is 4.39 Å². The van der Waals surface area contributed by atoms with Gasteiger partial charge in [0.05, 0.1) is 12.8 Å². The number of carbonyl (C=O) groups is 1. The Labute approximate surface area is 121 Å². The molecule has 0 unspecified atom stereocenters. The minimum atomic E-state index is -0.465. The van der Waals surface area contributed by atoms with Gasteiger partial charge in [-0.2, -0.15) is 5.10 Å². The Morgan fingerprint density at radius 3 is 2.76 bits per heavy atom. The van der Waals surface area contributed by atoms with E-state index in [4.69, 9.17) is 10.5 Å². The molecule has 0 fully saturated rings. The molecule has 1 amide bonds. The fourth-order valence-corrected chi connectivity index (χ4v) is 2.01. The third kappa shape index (κ3) is 3.13. The third-order valence-electron chi connectivity index (χ3n) is 3.04. The molecule has 0 aliphatic carbocycles. The Hall–Kier alpha value is -2.57. The quantitative estimate of drug-likeness (QED) is 0.925. The Morgan fingerprint density at radius 1 is 1.52 bits per heavy atom. The van der Waals surface area contributed by atoms with Crippen LogP contribution in [0, 0.1) is 5.82 Å². The average Bonchev–Trinajstić information content (AvgIpc) is 2.77. The second kappa shape index (κ2) is 5.82. The van der Waals surface area contributed by atoms with Crippen molar-refractivity contribution in [1.82, 2.24) is 14.7 Å². The van der Waals surface area contributed by atoms with E-state index in [0.717, 1.165) is 0 Å². The van der Waals surface area contributed by atoms with E-state index in [1.807, 2.05) is 0 Å². The monoisotopic (exact) mass is 292 g/mol. The van der Waals surface area contributed by atoms with Crippen molar-refractivity contribution in [3.63, 3.8) is 0 Å². The number of nitrogen functional groups attached to an aromatic ring is 1. The highest BCUT2D eigenvalue weighted by atomic mass is 19.1. The smallest absolute Gasteiger partial charge is 0.276 e. The van der Waals surface area contributed by atoms with E-state index in [-0.39, 0.29) is 23.9 Å². The van der Waals surface area contributed by atoms with E-state index in [2.05, 4.69) is 5.10 Å². The lowest BCUT2D eigenvalue weighted by atomic mass is 10.2. The summed E-state index contributed by atoms with van der Waals surface area (Å²) in [4.78, 5) is 13.7. The third-order valence-corrected chi connectivity index (χ3v) is 3.04. The van der Waals surface area contributed by atoms with Gasteiger partial charge in [0.1, 0.15) is 0 Å². The minimum Gasteiger partial charge on any atom is -0.494 e. The molecule has 21 heavy (non-hydrogen) atoms. The molecular weight excluding hydrogens is 275 g/mol. The topological polar surface area (TPSA) is 73.4 Å². The van der Waals surface area contributed by atoms with Gasteiger partial charge >= 0.3 is 0 Å². The number of hydrogen-bond acceptors (Lipinski definition) is 4.